The number of thiophene rings is 2. The minimum absolute atomic E-state index is 0.227. The highest BCUT2D eigenvalue weighted by Gasteiger charge is 2.37. The fourth-order valence-electron chi connectivity index (χ4n) is 13.3. The summed E-state index contributed by atoms with van der Waals surface area (Å²) in [6, 6.07) is 82.9. The number of nitrogens with zero attached hydrogens (tertiary/aromatic N) is 2. The molecule has 17 rings (SSSR count). The van der Waals surface area contributed by atoms with Crippen molar-refractivity contribution in [1.82, 2.24) is 9.13 Å². The van der Waals surface area contributed by atoms with E-state index in [1.807, 2.05) is 22.7 Å². The maximum Gasteiger partial charge on any atom is 0.0640 e. The van der Waals surface area contributed by atoms with Crippen LogP contribution in [0.3, 0.4) is 0 Å². The van der Waals surface area contributed by atoms with E-state index in [1.165, 1.54) is 155 Å². The summed E-state index contributed by atoms with van der Waals surface area (Å²) in [4.78, 5) is 0. The van der Waals surface area contributed by atoms with Gasteiger partial charge >= 0.3 is 0 Å². The van der Waals surface area contributed by atoms with E-state index in [0.29, 0.717) is 0 Å². The van der Waals surface area contributed by atoms with Crippen LogP contribution in [-0.4, -0.2) is 9.13 Å². The topological polar surface area (TPSA) is 9.86 Å². The highest BCUT2D eigenvalue weighted by Crippen LogP contribution is 2.54. The Balaban J connectivity index is 0.936. The molecule has 2 nitrogen and oxygen atoms in total. The molecule has 1 aliphatic rings. The number of fused-ring (bicyclic) bond motifs is 21. The molecule has 1 aliphatic carbocycles. The second kappa shape index (κ2) is 14.3. The van der Waals surface area contributed by atoms with Gasteiger partial charge in [0.05, 0.1) is 32.5 Å². The Morgan fingerprint density at radius 3 is 1.55 bits per heavy atom. The molecule has 0 radical (unpaired) electrons. The van der Waals surface area contributed by atoms with Gasteiger partial charge in [-0.2, -0.15) is 0 Å². The highest BCUT2D eigenvalue weighted by atomic mass is 32.1. The van der Waals surface area contributed by atoms with Crippen LogP contribution in [0.15, 0.2) is 218 Å². The predicted octanol–water partition coefficient (Wildman–Crippen LogP) is 20.0. The third-order valence-electron chi connectivity index (χ3n) is 16.7. The molecule has 0 atom stereocenters. The van der Waals surface area contributed by atoms with E-state index in [4.69, 9.17) is 0 Å². The van der Waals surface area contributed by atoms with Crippen LogP contribution in [0.4, 0.5) is 0 Å². The van der Waals surface area contributed by atoms with Gasteiger partial charge in [-0.25, -0.2) is 0 Å². The van der Waals surface area contributed by atoms with E-state index < -0.39 is 0 Å². The van der Waals surface area contributed by atoms with Crippen LogP contribution in [0.1, 0.15) is 25.0 Å². The molecule has 0 amide bonds. The van der Waals surface area contributed by atoms with Gasteiger partial charge in [-0.05, 0) is 157 Å². The average molecular weight is 963 g/mol. The second-order valence-corrected chi connectivity index (χ2v) is 22.9. The maximum absolute atomic E-state index is 2.56. The third kappa shape index (κ3) is 5.36. The van der Waals surface area contributed by atoms with Gasteiger partial charge in [0.1, 0.15) is 0 Å². The fraction of sp³-hybridized carbons (Fsp3) is 0.0435. The van der Waals surface area contributed by atoms with Crippen molar-refractivity contribution in [1.29, 1.82) is 0 Å². The van der Waals surface area contributed by atoms with Crippen LogP contribution in [-0.2, 0) is 5.41 Å². The number of benzene rings is 12. The van der Waals surface area contributed by atoms with Crippen LogP contribution < -0.4 is 0 Å². The normalized spacial score (nSPS) is 13.5. The van der Waals surface area contributed by atoms with Crippen molar-refractivity contribution in [3.05, 3.63) is 230 Å². The molecule has 73 heavy (non-hydrogen) atoms. The summed E-state index contributed by atoms with van der Waals surface area (Å²) in [5, 5.41) is 18.2. The lowest BCUT2D eigenvalue weighted by atomic mass is 9.81. The molecular weight excluding hydrogens is 921 g/mol. The highest BCUT2D eigenvalue weighted by molar-refractivity contribution is 7.26. The first kappa shape index (κ1) is 40.1. The Morgan fingerprint density at radius 2 is 0.795 bits per heavy atom. The molecule has 0 fully saturated rings. The Morgan fingerprint density at radius 1 is 0.301 bits per heavy atom. The summed E-state index contributed by atoms with van der Waals surface area (Å²) in [6.07, 6.45) is 0. The standard InChI is InChI=1S/C69H42N2S2/c1-69(2)58-36-51-45-17-6-4-15-43(45)42-14-3-5-16-44(42)50(51)35-52(58)53-38-64-56(37-59(53)69)54-32-39(40-27-31-67-57(33-40)48-20-9-11-24-65(48)72-67)26-29-61(54)70(64)41-28-30-62-55(34-41)46-18-7-10-22-60(46)71(62)63-23-13-21-49-47-19-8-12-25-66(47)73-68(49)63/h3-38H,1-2H3. The summed E-state index contributed by atoms with van der Waals surface area (Å²) in [7, 11) is 0. The minimum Gasteiger partial charge on any atom is -0.309 e. The fourth-order valence-corrected chi connectivity index (χ4v) is 15.6. The van der Waals surface area contributed by atoms with Crippen molar-refractivity contribution in [2.75, 3.05) is 0 Å². The molecule has 16 aromatic rings. The minimum atomic E-state index is -0.227. The zero-order valence-corrected chi connectivity index (χ0v) is 41.6. The molecule has 4 heteroatoms. The van der Waals surface area contributed by atoms with Crippen LogP contribution in [0.25, 0.3) is 150 Å². The lowest BCUT2D eigenvalue weighted by Crippen LogP contribution is -2.15. The van der Waals surface area contributed by atoms with Gasteiger partial charge in [-0.1, -0.05) is 141 Å². The average Bonchev–Trinajstić information content (AvgIpc) is 4.24. The van der Waals surface area contributed by atoms with Gasteiger partial charge < -0.3 is 9.13 Å². The van der Waals surface area contributed by atoms with Gasteiger partial charge in [0, 0.05) is 68.3 Å². The molecule has 0 spiro atoms. The summed E-state index contributed by atoms with van der Waals surface area (Å²) < 4.78 is 10.3. The van der Waals surface area contributed by atoms with E-state index in [0.717, 1.165) is 5.69 Å². The SMILES string of the molecule is CC1(C)c2cc3c4ccccc4c4ccccc4c3cc2-c2cc3c(cc21)c1cc(-c2ccc4sc5ccccc5c4c2)ccc1n3-c1ccc2c(c1)c1ccccc1n2-c1cccc2c1sc1ccccc12. The van der Waals surface area contributed by atoms with Gasteiger partial charge in [0.2, 0.25) is 0 Å². The molecule has 4 aromatic heterocycles. The molecule has 0 bridgehead atoms. The first-order chi connectivity index (χ1) is 35.9. The molecule has 0 unspecified atom stereocenters. The van der Waals surface area contributed by atoms with Crippen molar-refractivity contribution in [3.8, 4) is 33.6 Å². The summed E-state index contributed by atoms with van der Waals surface area (Å²) in [5.74, 6) is 0. The largest absolute Gasteiger partial charge is 0.309 e. The zero-order chi connectivity index (χ0) is 47.8. The van der Waals surface area contributed by atoms with Crippen LogP contribution >= 0.6 is 22.7 Å². The van der Waals surface area contributed by atoms with E-state index in [9.17, 15) is 0 Å². The van der Waals surface area contributed by atoms with Crippen LogP contribution in [0, 0.1) is 0 Å². The third-order valence-corrected chi connectivity index (χ3v) is 19.0. The Kier molecular flexibility index (Phi) is 7.87. The van der Waals surface area contributed by atoms with Crippen LogP contribution in [0.5, 0.6) is 0 Å². The maximum atomic E-state index is 2.56. The monoisotopic (exact) mass is 962 g/mol. The van der Waals surface area contributed by atoms with Gasteiger partial charge in [-0.3, -0.25) is 0 Å². The van der Waals surface area contributed by atoms with Gasteiger partial charge in [0.15, 0.2) is 0 Å². The lowest BCUT2D eigenvalue weighted by molar-refractivity contribution is 0.662. The quantitative estimate of drug-likeness (QED) is 0.156. The lowest BCUT2D eigenvalue weighted by Gasteiger charge is -2.22. The number of hydrogen-bond donors (Lipinski definition) is 0. The molecule has 0 aliphatic heterocycles. The van der Waals surface area contributed by atoms with E-state index in [2.05, 4.69) is 241 Å². The number of para-hydroxylation sites is 1. The van der Waals surface area contributed by atoms with Crippen molar-refractivity contribution < 1.29 is 0 Å². The van der Waals surface area contributed by atoms with Crippen molar-refractivity contribution in [3.63, 3.8) is 0 Å². The molecule has 0 saturated heterocycles. The van der Waals surface area contributed by atoms with Gasteiger partial charge in [-0.15, -0.1) is 22.7 Å². The summed E-state index contributed by atoms with van der Waals surface area (Å²) >= 11 is 3.77. The molecule has 12 aromatic carbocycles. The van der Waals surface area contributed by atoms with E-state index >= 15 is 0 Å². The number of rotatable bonds is 3. The Hall–Kier alpha value is -8.54. The Labute approximate surface area is 427 Å². The molecule has 0 saturated carbocycles. The van der Waals surface area contributed by atoms with E-state index in [1.54, 1.807) is 0 Å². The molecular formula is C69H42N2S2. The number of aromatic nitrogens is 2. The first-order valence-electron chi connectivity index (χ1n) is 25.3. The van der Waals surface area contributed by atoms with Crippen molar-refractivity contribution >= 4 is 139 Å². The van der Waals surface area contributed by atoms with Crippen molar-refractivity contribution in [2.45, 2.75) is 19.3 Å². The first-order valence-corrected chi connectivity index (χ1v) is 26.9. The zero-order valence-electron chi connectivity index (χ0n) is 40.0. The summed E-state index contributed by atoms with van der Waals surface area (Å²) in [5.41, 5.74) is 14.9. The predicted molar refractivity (Wildman–Crippen MR) is 316 cm³/mol. The molecule has 0 N–H and O–H groups in total. The Bertz CT molecular complexity index is 5130. The molecule has 340 valence electrons. The second-order valence-electron chi connectivity index (χ2n) is 20.8. The number of hydrogen-bond acceptors (Lipinski definition) is 2. The van der Waals surface area contributed by atoms with Crippen LogP contribution in [0.2, 0.25) is 0 Å². The smallest absolute Gasteiger partial charge is 0.0640 e. The summed E-state index contributed by atoms with van der Waals surface area (Å²) in [6.45, 7) is 4.87. The van der Waals surface area contributed by atoms with Gasteiger partial charge in [0.25, 0.3) is 0 Å². The van der Waals surface area contributed by atoms with Crippen molar-refractivity contribution in [2.24, 2.45) is 0 Å². The van der Waals surface area contributed by atoms with E-state index in [-0.39, 0.29) is 5.41 Å². The molecule has 4 heterocycles.